The maximum absolute atomic E-state index is 13.1. The molecule has 0 saturated heterocycles. The fourth-order valence-electron chi connectivity index (χ4n) is 4.78. The van der Waals surface area contributed by atoms with Crippen LogP contribution in [0.1, 0.15) is 22.6 Å². The number of fused-ring (bicyclic) bond motifs is 3. The van der Waals surface area contributed by atoms with Crippen LogP contribution >= 0.6 is 23.2 Å². The third kappa shape index (κ3) is 3.94. The molecule has 9 heteroatoms. The molecule has 0 heterocycles. The maximum atomic E-state index is 13.1. The van der Waals surface area contributed by atoms with Crippen LogP contribution in [-0.4, -0.2) is 16.7 Å². The number of benzene rings is 3. The van der Waals surface area contributed by atoms with Gasteiger partial charge in [0, 0.05) is 27.4 Å². The number of hydrogen-bond donors (Lipinski definition) is 3. The van der Waals surface area contributed by atoms with Gasteiger partial charge < -0.3 is 4.74 Å². The molecule has 6 nitrogen and oxygen atoms in total. The third-order valence-electron chi connectivity index (χ3n) is 6.44. The normalized spacial score (nSPS) is 23.4. The molecule has 5 rings (SSSR count). The first kappa shape index (κ1) is 22.4. The molecule has 3 N–H and O–H groups in total. The fraction of sp³-hybridized carbons (Fsp3) is 0.208. The minimum atomic E-state index is -2.09. The lowest BCUT2D eigenvalue weighted by molar-refractivity contribution is -0.132. The van der Waals surface area contributed by atoms with Crippen molar-refractivity contribution in [3.8, 4) is 5.75 Å². The molecule has 4 atom stereocenters. The summed E-state index contributed by atoms with van der Waals surface area (Å²) in [6.07, 6.45) is 0.699. The minimum Gasteiger partial charge on any atom is -0.489 e. The minimum absolute atomic E-state index is 0.0484. The maximum Gasteiger partial charge on any atom is 0.269 e. The molecule has 1 amide bonds. The number of amides is 1. The second-order valence-corrected chi connectivity index (χ2v) is 10.4. The lowest BCUT2D eigenvalue weighted by Gasteiger charge is -2.18. The molecule has 2 aliphatic carbocycles. The zero-order valence-electron chi connectivity index (χ0n) is 17.3. The number of rotatable bonds is 7. The molecule has 2 aliphatic rings. The highest BCUT2D eigenvalue weighted by Crippen LogP contribution is 2.64. The van der Waals surface area contributed by atoms with Crippen LogP contribution in [0.5, 0.6) is 5.75 Å². The first-order valence-electron chi connectivity index (χ1n) is 10.4. The summed E-state index contributed by atoms with van der Waals surface area (Å²) >= 11 is 12.1. The smallest absolute Gasteiger partial charge is 0.269 e. The highest BCUT2D eigenvalue weighted by atomic mass is 35.5. The van der Waals surface area contributed by atoms with Crippen molar-refractivity contribution < 1.29 is 18.9 Å². The lowest BCUT2D eigenvalue weighted by Crippen LogP contribution is -2.49. The number of thiol groups is 1. The zero-order chi connectivity index (χ0) is 23.2. The van der Waals surface area contributed by atoms with Crippen molar-refractivity contribution in [1.29, 1.82) is 0 Å². The van der Waals surface area contributed by atoms with Gasteiger partial charge in [0.1, 0.15) is 12.4 Å². The van der Waals surface area contributed by atoms with Gasteiger partial charge in [0.15, 0.2) is 21.4 Å². The van der Waals surface area contributed by atoms with E-state index in [9.17, 15) is 14.2 Å². The Bertz CT molecular complexity index is 1250. The molecule has 1 fully saturated rings. The summed E-state index contributed by atoms with van der Waals surface area (Å²) in [4.78, 5) is 13.2. The van der Waals surface area contributed by atoms with E-state index in [1.54, 1.807) is 47.9 Å². The second-order valence-electron chi connectivity index (χ2n) is 8.22. The molecule has 4 unspecified atom stereocenters. The SMILES string of the molecule is O=C(NO)C1(N[SH+](=O)c2ccc(OCc3ccc(Cl)cc3Cl)cc2)C2Cc3ccccc3C21. The van der Waals surface area contributed by atoms with Crippen LogP contribution in [0.15, 0.2) is 71.6 Å². The number of carbonyl (C=O) groups excluding carboxylic acids is 1. The van der Waals surface area contributed by atoms with E-state index in [4.69, 9.17) is 27.9 Å². The first-order chi connectivity index (χ1) is 15.9. The molecular weight excluding hydrogens is 483 g/mol. The van der Waals surface area contributed by atoms with Crippen molar-refractivity contribution in [2.75, 3.05) is 0 Å². The average Bonchev–Trinajstić information content (AvgIpc) is 3.25. The zero-order valence-corrected chi connectivity index (χ0v) is 19.7. The predicted octanol–water partition coefficient (Wildman–Crippen LogP) is 4.35. The number of nitrogens with one attached hydrogen (secondary N) is 2. The Morgan fingerprint density at radius 1 is 1.12 bits per heavy atom. The molecule has 1 saturated carbocycles. The van der Waals surface area contributed by atoms with Gasteiger partial charge in [-0.2, -0.15) is 0 Å². The molecular formula is C24H21Cl2N2O4S+. The van der Waals surface area contributed by atoms with Gasteiger partial charge in [-0.05, 0) is 53.9 Å². The van der Waals surface area contributed by atoms with Gasteiger partial charge in [-0.15, -0.1) is 4.72 Å². The summed E-state index contributed by atoms with van der Waals surface area (Å²) in [5.74, 6) is -0.136. The van der Waals surface area contributed by atoms with Crippen molar-refractivity contribution in [2.24, 2.45) is 5.92 Å². The van der Waals surface area contributed by atoms with Crippen LogP contribution in [0.3, 0.4) is 0 Å². The summed E-state index contributed by atoms with van der Waals surface area (Å²) < 4.78 is 21.9. The number of ether oxygens (including phenoxy) is 1. The van der Waals surface area contributed by atoms with E-state index in [1.807, 2.05) is 24.3 Å². The summed E-state index contributed by atoms with van der Waals surface area (Å²) in [6, 6.07) is 20.0. The van der Waals surface area contributed by atoms with Crippen molar-refractivity contribution in [1.82, 2.24) is 10.2 Å². The van der Waals surface area contributed by atoms with E-state index in [2.05, 4.69) is 4.72 Å². The molecule has 33 heavy (non-hydrogen) atoms. The summed E-state index contributed by atoms with van der Waals surface area (Å²) in [7, 11) is -2.09. The quantitative estimate of drug-likeness (QED) is 0.193. The fourth-order valence-corrected chi connectivity index (χ4v) is 6.53. The number of hydrogen-bond acceptors (Lipinski definition) is 4. The molecule has 0 radical (unpaired) electrons. The second kappa shape index (κ2) is 8.74. The van der Waals surface area contributed by atoms with Crippen LogP contribution in [0, 0.1) is 5.92 Å². The first-order valence-corrected chi connectivity index (χ1v) is 12.4. The van der Waals surface area contributed by atoms with E-state index in [1.165, 1.54) is 5.56 Å². The van der Waals surface area contributed by atoms with Gasteiger partial charge in [-0.1, -0.05) is 57.7 Å². The van der Waals surface area contributed by atoms with Gasteiger partial charge in [-0.3, -0.25) is 10.0 Å². The van der Waals surface area contributed by atoms with Crippen LogP contribution in [0.2, 0.25) is 10.0 Å². The van der Waals surface area contributed by atoms with Crippen LogP contribution in [0.4, 0.5) is 0 Å². The highest BCUT2D eigenvalue weighted by Gasteiger charge is 2.75. The average molecular weight is 504 g/mol. The Kier molecular flexibility index (Phi) is 5.93. The largest absolute Gasteiger partial charge is 0.489 e. The van der Waals surface area contributed by atoms with Gasteiger partial charge in [-0.25, -0.2) is 5.48 Å². The molecule has 170 valence electrons. The van der Waals surface area contributed by atoms with Crippen LogP contribution < -0.4 is 14.9 Å². The lowest BCUT2D eigenvalue weighted by atomic mass is 9.98. The van der Waals surface area contributed by atoms with Crippen LogP contribution in [-0.2, 0) is 33.0 Å². The van der Waals surface area contributed by atoms with Gasteiger partial charge >= 0.3 is 0 Å². The highest BCUT2D eigenvalue weighted by molar-refractivity contribution is 7.83. The Morgan fingerprint density at radius 3 is 2.61 bits per heavy atom. The Hall–Kier alpha value is -2.42. The number of halogens is 2. The van der Waals surface area contributed by atoms with E-state index < -0.39 is 22.4 Å². The van der Waals surface area contributed by atoms with Crippen molar-refractivity contribution in [3.05, 3.63) is 93.5 Å². The third-order valence-corrected chi connectivity index (χ3v) is 8.37. The summed E-state index contributed by atoms with van der Waals surface area (Å²) in [6.45, 7) is 0.266. The monoisotopic (exact) mass is 503 g/mol. The molecule has 0 aliphatic heterocycles. The Labute approximate surface area is 203 Å². The van der Waals surface area contributed by atoms with Crippen molar-refractivity contribution in [3.63, 3.8) is 0 Å². The van der Waals surface area contributed by atoms with E-state index in [-0.39, 0.29) is 18.4 Å². The molecule has 0 spiro atoms. The van der Waals surface area contributed by atoms with E-state index in [0.29, 0.717) is 27.1 Å². The molecule has 3 aromatic carbocycles. The summed E-state index contributed by atoms with van der Waals surface area (Å²) in [5, 5.41) is 10.4. The van der Waals surface area contributed by atoms with E-state index >= 15 is 0 Å². The van der Waals surface area contributed by atoms with E-state index in [0.717, 1.165) is 11.1 Å². The topological polar surface area (TPSA) is 87.7 Å². The number of hydroxylamine groups is 1. The summed E-state index contributed by atoms with van der Waals surface area (Å²) in [5.41, 5.74) is 3.73. The van der Waals surface area contributed by atoms with Gasteiger partial charge in [0.25, 0.3) is 5.91 Å². The molecule has 0 aromatic heterocycles. The Morgan fingerprint density at radius 2 is 1.88 bits per heavy atom. The van der Waals surface area contributed by atoms with Crippen LogP contribution in [0.25, 0.3) is 0 Å². The van der Waals surface area contributed by atoms with Crippen molar-refractivity contribution >= 4 is 40.1 Å². The van der Waals surface area contributed by atoms with Gasteiger partial charge in [0.05, 0.1) is 0 Å². The number of carbonyl (C=O) groups is 1. The Balaban J connectivity index is 1.28. The molecule has 0 bridgehead atoms. The molecule has 3 aromatic rings. The van der Waals surface area contributed by atoms with Crippen molar-refractivity contribution in [2.45, 2.75) is 29.4 Å². The predicted molar refractivity (Wildman–Crippen MR) is 127 cm³/mol. The standard InChI is InChI=1S/C24H20Cl2N2O4S/c25-16-6-5-15(21(26)12-16)13-32-17-7-9-18(10-8-17)33(31)28-24(23(29)27-30)20-11-14-3-1-2-4-19(14)22(20)24/h1-10,12,20,22,30H,11,13H2,(H,27,29)(H,28,31)/p+1. The van der Waals surface area contributed by atoms with Gasteiger partial charge in [0.2, 0.25) is 0 Å².